The lowest BCUT2D eigenvalue weighted by Gasteiger charge is -2.23. The molecule has 0 aromatic heterocycles. The molecular weight excluding hydrogens is 290 g/mol. The first kappa shape index (κ1) is 17.5. The highest BCUT2D eigenvalue weighted by atomic mass is 32.2. The van der Waals surface area contributed by atoms with Crippen molar-refractivity contribution in [3.05, 3.63) is 23.3 Å². The second kappa shape index (κ2) is 6.03. The Morgan fingerprint density at radius 1 is 1.24 bits per heavy atom. The lowest BCUT2D eigenvalue weighted by atomic mass is 10.1. The van der Waals surface area contributed by atoms with E-state index in [-0.39, 0.29) is 4.90 Å². The molecule has 0 radical (unpaired) electrons. The molecule has 6 nitrogen and oxygen atoms in total. The van der Waals surface area contributed by atoms with E-state index >= 15 is 0 Å². The number of aryl methyl sites for hydroxylation is 1. The van der Waals surface area contributed by atoms with Crippen molar-refractivity contribution in [1.29, 1.82) is 0 Å². The van der Waals surface area contributed by atoms with Gasteiger partial charge in [0.15, 0.2) is 0 Å². The lowest BCUT2D eigenvalue weighted by molar-refractivity contribution is -0.122. The van der Waals surface area contributed by atoms with Gasteiger partial charge in [-0.3, -0.25) is 4.79 Å². The topological polar surface area (TPSA) is 115 Å². The molecule has 0 aliphatic carbocycles. The Kier molecular flexibility index (Phi) is 5.01. The normalized spacial score (nSPS) is 12.4. The highest BCUT2D eigenvalue weighted by Crippen LogP contribution is 2.26. The van der Waals surface area contributed by atoms with Gasteiger partial charge >= 0.3 is 0 Å². The molecule has 1 amide bonds. The number of amides is 1. The monoisotopic (exact) mass is 313 g/mol. The lowest BCUT2D eigenvalue weighted by Crippen LogP contribution is -2.52. The van der Waals surface area contributed by atoms with Crippen molar-refractivity contribution in [2.45, 2.75) is 51.0 Å². The van der Waals surface area contributed by atoms with Crippen LogP contribution in [0.3, 0.4) is 0 Å². The summed E-state index contributed by atoms with van der Waals surface area (Å²) >= 11 is 0. The zero-order chi connectivity index (χ0) is 16.4. The molecule has 0 saturated carbocycles. The predicted molar refractivity (Wildman–Crippen MR) is 83.2 cm³/mol. The highest BCUT2D eigenvalue weighted by Gasteiger charge is 2.32. The van der Waals surface area contributed by atoms with E-state index in [2.05, 4.69) is 4.72 Å². The van der Waals surface area contributed by atoms with Crippen LogP contribution in [0.15, 0.2) is 17.0 Å². The van der Waals surface area contributed by atoms with Crippen LogP contribution in [0, 0.1) is 0 Å². The standard InChI is InChI=1S/C14H23N3O3S/c1-5-9-7-11(15)10(6-2)12(8-9)21(19,20)17-14(3,4)13(16)18/h7-8,17H,5-6,15H2,1-4H3,(H2,16,18). The summed E-state index contributed by atoms with van der Waals surface area (Å²) in [5, 5.41) is 0. The number of carbonyl (C=O) groups is 1. The van der Waals surface area contributed by atoms with E-state index in [1.807, 2.05) is 13.8 Å². The molecule has 1 aromatic rings. The van der Waals surface area contributed by atoms with Gasteiger partial charge in [-0.2, -0.15) is 4.72 Å². The van der Waals surface area contributed by atoms with Crippen molar-refractivity contribution < 1.29 is 13.2 Å². The smallest absolute Gasteiger partial charge is 0.241 e. The first-order valence-electron chi connectivity index (χ1n) is 6.80. The summed E-state index contributed by atoms with van der Waals surface area (Å²) in [6.07, 6.45) is 1.14. The van der Waals surface area contributed by atoms with Gasteiger partial charge in [0.05, 0.1) is 4.90 Å². The maximum Gasteiger partial charge on any atom is 0.241 e. The fourth-order valence-corrected chi connectivity index (χ4v) is 3.77. The van der Waals surface area contributed by atoms with Crippen LogP contribution < -0.4 is 16.2 Å². The second-order valence-electron chi connectivity index (χ2n) is 5.46. The number of benzene rings is 1. The van der Waals surface area contributed by atoms with Crippen molar-refractivity contribution in [3.63, 3.8) is 0 Å². The molecule has 0 spiro atoms. The van der Waals surface area contributed by atoms with Crippen molar-refractivity contribution in [3.8, 4) is 0 Å². The van der Waals surface area contributed by atoms with E-state index in [0.29, 0.717) is 24.1 Å². The predicted octanol–water partition coefficient (Wildman–Crippen LogP) is 0.936. The molecule has 0 saturated heterocycles. The Morgan fingerprint density at radius 2 is 1.81 bits per heavy atom. The maximum atomic E-state index is 12.6. The molecular formula is C14H23N3O3S. The van der Waals surface area contributed by atoms with Crippen molar-refractivity contribution in [1.82, 2.24) is 4.72 Å². The number of primary amides is 1. The molecule has 118 valence electrons. The third kappa shape index (κ3) is 3.74. The Hall–Kier alpha value is -1.60. The summed E-state index contributed by atoms with van der Waals surface area (Å²) in [5.41, 5.74) is 11.6. The molecule has 0 bridgehead atoms. The van der Waals surface area contributed by atoms with E-state index in [1.54, 1.807) is 12.1 Å². The van der Waals surface area contributed by atoms with Crippen LogP contribution in [0.2, 0.25) is 0 Å². The number of hydrogen-bond donors (Lipinski definition) is 3. The minimum atomic E-state index is -3.89. The third-order valence-electron chi connectivity index (χ3n) is 3.36. The van der Waals surface area contributed by atoms with E-state index in [4.69, 9.17) is 11.5 Å². The molecule has 0 aliphatic heterocycles. The summed E-state index contributed by atoms with van der Waals surface area (Å²) in [5.74, 6) is -0.747. The van der Waals surface area contributed by atoms with Crippen molar-refractivity contribution in [2.24, 2.45) is 5.73 Å². The SMILES string of the molecule is CCc1cc(N)c(CC)c(S(=O)(=O)NC(C)(C)C(N)=O)c1. The van der Waals surface area contributed by atoms with Gasteiger partial charge in [-0.15, -0.1) is 0 Å². The van der Waals surface area contributed by atoms with Crippen LogP contribution in [-0.4, -0.2) is 19.9 Å². The van der Waals surface area contributed by atoms with Crippen molar-refractivity contribution in [2.75, 3.05) is 5.73 Å². The number of nitrogen functional groups attached to an aromatic ring is 1. The number of nitrogens with one attached hydrogen (secondary N) is 1. The average molecular weight is 313 g/mol. The average Bonchev–Trinajstić information content (AvgIpc) is 2.36. The van der Waals surface area contributed by atoms with Gasteiger partial charge in [0.1, 0.15) is 5.54 Å². The number of hydrogen-bond acceptors (Lipinski definition) is 4. The van der Waals surface area contributed by atoms with Crippen molar-refractivity contribution >= 4 is 21.6 Å². The number of carbonyl (C=O) groups excluding carboxylic acids is 1. The molecule has 21 heavy (non-hydrogen) atoms. The molecule has 0 atom stereocenters. The van der Waals surface area contributed by atoms with Gasteiger partial charge in [-0.1, -0.05) is 13.8 Å². The van der Waals surface area contributed by atoms with Crippen LogP contribution in [-0.2, 0) is 27.7 Å². The summed E-state index contributed by atoms with van der Waals surface area (Å²) in [6, 6.07) is 3.37. The Morgan fingerprint density at radius 3 is 2.24 bits per heavy atom. The summed E-state index contributed by atoms with van der Waals surface area (Å²) in [6.45, 7) is 6.59. The quantitative estimate of drug-likeness (QED) is 0.678. The molecule has 0 fully saturated rings. The Balaban J connectivity index is 3.44. The molecule has 5 N–H and O–H groups in total. The Bertz CT molecular complexity index is 652. The fourth-order valence-electron chi connectivity index (χ4n) is 1.99. The maximum absolute atomic E-state index is 12.6. The minimum Gasteiger partial charge on any atom is -0.398 e. The van der Waals surface area contributed by atoms with Crippen LogP contribution in [0.4, 0.5) is 5.69 Å². The van der Waals surface area contributed by atoms with Gasteiger partial charge < -0.3 is 11.5 Å². The number of sulfonamides is 1. The molecule has 0 aliphatic rings. The van der Waals surface area contributed by atoms with Gasteiger partial charge in [0, 0.05) is 5.69 Å². The summed E-state index contributed by atoms with van der Waals surface area (Å²) in [4.78, 5) is 11.5. The zero-order valence-electron chi connectivity index (χ0n) is 12.9. The number of rotatable bonds is 6. The van der Waals surface area contributed by atoms with Gasteiger partial charge in [-0.25, -0.2) is 8.42 Å². The van der Waals surface area contributed by atoms with E-state index in [9.17, 15) is 13.2 Å². The second-order valence-corrected chi connectivity index (χ2v) is 7.11. The van der Waals surface area contributed by atoms with Crippen LogP contribution >= 0.6 is 0 Å². The molecule has 0 unspecified atom stereocenters. The molecule has 1 rings (SSSR count). The first-order valence-corrected chi connectivity index (χ1v) is 8.28. The van der Waals surface area contributed by atoms with E-state index in [1.165, 1.54) is 13.8 Å². The van der Waals surface area contributed by atoms with Gasteiger partial charge in [0.25, 0.3) is 0 Å². The zero-order valence-corrected chi connectivity index (χ0v) is 13.7. The van der Waals surface area contributed by atoms with Crippen LogP contribution in [0.5, 0.6) is 0 Å². The van der Waals surface area contributed by atoms with Gasteiger partial charge in [-0.05, 0) is 49.9 Å². The number of nitrogens with two attached hydrogens (primary N) is 2. The Labute approximate surface area is 126 Å². The molecule has 1 aromatic carbocycles. The summed E-state index contributed by atoms with van der Waals surface area (Å²) < 4.78 is 27.5. The van der Waals surface area contributed by atoms with E-state index in [0.717, 1.165) is 5.56 Å². The largest absolute Gasteiger partial charge is 0.398 e. The number of anilines is 1. The minimum absolute atomic E-state index is 0.108. The fraction of sp³-hybridized carbons (Fsp3) is 0.500. The van der Waals surface area contributed by atoms with Crippen LogP contribution in [0.1, 0.15) is 38.8 Å². The van der Waals surface area contributed by atoms with Crippen LogP contribution in [0.25, 0.3) is 0 Å². The first-order chi connectivity index (χ1) is 9.55. The summed E-state index contributed by atoms with van der Waals surface area (Å²) in [7, 11) is -3.89. The highest BCUT2D eigenvalue weighted by molar-refractivity contribution is 7.89. The molecule has 0 heterocycles. The third-order valence-corrected chi connectivity index (χ3v) is 5.08. The molecule has 7 heteroatoms. The van der Waals surface area contributed by atoms with E-state index < -0.39 is 21.5 Å². The van der Waals surface area contributed by atoms with Gasteiger partial charge in [0.2, 0.25) is 15.9 Å².